The van der Waals surface area contributed by atoms with Crippen LogP contribution in [0.1, 0.15) is 5.56 Å². The lowest BCUT2D eigenvalue weighted by atomic mass is 10.1. The Balaban J connectivity index is 2.16. The molecule has 0 amide bonds. The van der Waals surface area contributed by atoms with Crippen LogP contribution >= 0.6 is 0 Å². The fraction of sp³-hybridized carbons (Fsp3) is 0.455. The highest BCUT2D eigenvalue weighted by Gasteiger charge is 2.22. The maximum Gasteiger partial charge on any atom is 0.160 e. The minimum absolute atomic E-state index is 0.410. The summed E-state index contributed by atoms with van der Waals surface area (Å²) in [5.74, 6) is 1.55. The molecule has 0 saturated carbocycles. The predicted octanol–water partition coefficient (Wildman–Crippen LogP) is 1.65. The van der Waals surface area contributed by atoms with Gasteiger partial charge in [-0.1, -0.05) is 6.07 Å². The zero-order valence-electron chi connectivity index (χ0n) is 8.45. The average molecular weight is 194 g/mol. The van der Waals surface area contributed by atoms with Crippen molar-refractivity contribution in [3.05, 3.63) is 23.8 Å². The van der Waals surface area contributed by atoms with Crippen LogP contribution in [0.2, 0.25) is 0 Å². The van der Waals surface area contributed by atoms with Gasteiger partial charge >= 0.3 is 0 Å². The monoisotopic (exact) mass is 194 g/mol. The van der Waals surface area contributed by atoms with Gasteiger partial charge in [-0.2, -0.15) is 0 Å². The van der Waals surface area contributed by atoms with E-state index in [1.165, 1.54) is 5.56 Å². The molecule has 1 aliphatic heterocycles. The van der Waals surface area contributed by atoms with Gasteiger partial charge in [0, 0.05) is 6.42 Å². The Kier molecular flexibility index (Phi) is 2.59. The molecule has 0 bridgehead atoms. The Morgan fingerprint density at radius 1 is 1.29 bits per heavy atom. The van der Waals surface area contributed by atoms with Crippen molar-refractivity contribution in [2.24, 2.45) is 0 Å². The molecule has 3 heteroatoms. The first-order chi connectivity index (χ1) is 6.83. The van der Waals surface area contributed by atoms with Crippen LogP contribution in [-0.4, -0.2) is 26.9 Å². The van der Waals surface area contributed by atoms with Gasteiger partial charge in [0.25, 0.3) is 0 Å². The molecule has 0 aromatic heterocycles. The van der Waals surface area contributed by atoms with Crippen LogP contribution in [0.5, 0.6) is 11.5 Å². The summed E-state index contributed by atoms with van der Waals surface area (Å²) in [5, 5.41) is 0. The molecule has 14 heavy (non-hydrogen) atoms. The molecular formula is C11H14O3. The van der Waals surface area contributed by atoms with Crippen molar-refractivity contribution in [2.75, 3.05) is 20.8 Å². The molecule has 0 radical (unpaired) electrons. The van der Waals surface area contributed by atoms with Crippen LogP contribution in [0, 0.1) is 0 Å². The van der Waals surface area contributed by atoms with Crippen molar-refractivity contribution >= 4 is 0 Å². The zero-order chi connectivity index (χ0) is 9.97. The minimum Gasteiger partial charge on any atom is -0.493 e. The standard InChI is InChI=1S/C11H14O3/c1-12-10-4-3-8(5-9-7-14-9)6-11(10)13-2/h3-4,6,9H,5,7H2,1-2H3/t9-/m1/s1. The topological polar surface area (TPSA) is 31.0 Å². The molecule has 0 N–H and O–H groups in total. The average Bonchev–Trinajstić information content (AvgIpc) is 3.01. The quantitative estimate of drug-likeness (QED) is 0.683. The van der Waals surface area contributed by atoms with E-state index in [1.54, 1.807) is 14.2 Å². The van der Waals surface area contributed by atoms with Crippen molar-refractivity contribution in [2.45, 2.75) is 12.5 Å². The van der Waals surface area contributed by atoms with E-state index in [0.717, 1.165) is 24.5 Å². The Labute approximate surface area is 83.6 Å². The molecule has 1 atom stereocenters. The molecule has 1 fully saturated rings. The van der Waals surface area contributed by atoms with Crippen LogP contribution < -0.4 is 9.47 Å². The smallest absolute Gasteiger partial charge is 0.160 e. The molecule has 1 aromatic rings. The summed E-state index contributed by atoms with van der Waals surface area (Å²) >= 11 is 0. The van der Waals surface area contributed by atoms with Crippen molar-refractivity contribution in [1.29, 1.82) is 0 Å². The van der Waals surface area contributed by atoms with Crippen molar-refractivity contribution in [1.82, 2.24) is 0 Å². The first kappa shape index (κ1) is 9.34. The van der Waals surface area contributed by atoms with E-state index >= 15 is 0 Å². The maximum absolute atomic E-state index is 5.21. The molecular weight excluding hydrogens is 180 g/mol. The summed E-state index contributed by atoms with van der Waals surface area (Å²) < 4.78 is 15.5. The predicted molar refractivity (Wildman–Crippen MR) is 53.0 cm³/mol. The van der Waals surface area contributed by atoms with E-state index in [-0.39, 0.29) is 0 Å². The van der Waals surface area contributed by atoms with Crippen molar-refractivity contribution < 1.29 is 14.2 Å². The second-order valence-electron chi connectivity index (χ2n) is 3.35. The van der Waals surface area contributed by atoms with Gasteiger partial charge in [-0.05, 0) is 17.7 Å². The van der Waals surface area contributed by atoms with Gasteiger partial charge in [0.15, 0.2) is 11.5 Å². The highest BCUT2D eigenvalue weighted by molar-refractivity contribution is 5.43. The Hall–Kier alpha value is -1.22. The number of hydrogen-bond acceptors (Lipinski definition) is 3. The van der Waals surface area contributed by atoms with Crippen LogP contribution in [0.15, 0.2) is 18.2 Å². The summed E-state index contributed by atoms with van der Waals surface area (Å²) in [5.41, 5.74) is 1.23. The molecule has 2 rings (SSSR count). The van der Waals surface area contributed by atoms with Crippen LogP contribution in [0.25, 0.3) is 0 Å². The third-order valence-corrected chi connectivity index (χ3v) is 2.31. The largest absolute Gasteiger partial charge is 0.493 e. The summed E-state index contributed by atoms with van der Waals surface area (Å²) in [6.07, 6.45) is 1.37. The molecule has 3 nitrogen and oxygen atoms in total. The van der Waals surface area contributed by atoms with E-state index in [0.29, 0.717) is 6.10 Å². The van der Waals surface area contributed by atoms with Gasteiger partial charge in [0.05, 0.1) is 26.9 Å². The van der Waals surface area contributed by atoms with Crippen molar-refractivity contribution in [3.8, 4) is 11.5 Å². The Bertz CT molecular complexity index is 318. The van der Waals surface area contributed by atoms with Crippen LogP contribution in [-0.2, 0) is 11.2 Å². The summed E-state index contributed by atoms with van der Waals surface area (Å²) in [7, 11) is 3.29. The molecule has 0 aliphatic carbocycles. The van der Waals surface area contributed by atoms with Gasteiger partial charge in [-0.15, -0.1) is 0 Å². The zero-order valence-corrected chi connectivity index (χ0v) is 8.45. The minimum atomic E-state index is 0.410. The number of hydrogen-bond donors (Lipinski definition) is 0. The summed E-state index contributed by atoms with van der Waals surface area (Å²) in [6.45, 7) is 0.883. The first-order valence-corrected chi connectivity index (χ1v) is 4.66. The Morgan fingerprint density at radius 2 is 2.00 bits per heavy atom. The molecule has 1 aromatic carbocycles. The molecule has 1 saturated heterocycles. The first-order valence-electron chi connectivity index (χ1n) is 4.66. The summed E-state index contributed by atoms with van der Waals surface area (Å²) in [6, 6.07) is 5.97. The fourth-order valence-electron chi connectivity index (χ4n) is 1.46. The molecule has 0 spiro atoms. The van der Waals surface area contributed by atoms with E-state index in [4.69, 9.17) is 14.2 Å². The highest BCUT2D eigenvalue weighted by atomic mass is 16.6. The molecule has 1 aliphatic rings. The molecule has 76 valence electrons. The van der Waals surface area contributed by atoms with Gasteiger partial charge < -0.3 is 14.2 Å². The van der Waals surface area contributed by atoms with Gasteiger partial charge in [0.2, 0.25) is 0 Å². The number of methoxy groups -OCH3 is 2. The van der Waals surface area contributed by atoms with Crippen LogP contribution in [0.4, 0.5) is 0 Å². The van der Waals surface area contributed by atoms with Crippen molar-refractivity contribution in [3.63, 3.8) is 0 Å². The normalized spacial score (nSPS) is 19.1. The highest BCUT2D eigenvalue weighted by Crippen LogP contribution is 2.29. The van der Waals surface area contributed by atoms with E-state index < -0.39 is 0 Å². The molecule has 1 heterocycles. The van der Waals surface area contributed by atoms with E-state index in [2.05, 4.69) is 0 Å². The van der Waals surface area contributed by atoms with Gasteiger partial charge in [-0.3, -0.25) is 0 Å². The lowest BCUT2D eigenvalue weighted by Crippen LogP contribution is -1.96. The van der Waals surface area contributed by atoms with E-state index in [1.807, 2.05) is 18.2 Å². The van der Waals surface area contributed by atoms with Gasteiger partial charge in [-0.25, -0.2) is 0 Å². The van der Waals surface area contributed by atoms with Crippen LogP contribution in [0.3, 0.4) is 0 Å². The lowest BCUT2D eigenvalue weighted by Gasteiger charge is -2.08. The second kappa shape index (κ2) is 3.88. The number of benzene rings is 1. The summed E-state index contributed by atoms with van der Waals surface area (Å²) in [4.78, 5) is 0. The number of epoxide rings is 1. The Morgan fingerprint density at radius 3 is 2.57 bits per heavy atom. The third-order valence-electron chi connectivity index (χ3n) is 2.31. The van der Waals surface area contributed by atoms with Gasteiger partial charge in [0.1, 0.15) is 0 Å². The van der Waals surface area contributed by atoms with E-state index in [9.17, 15) is 0 Å². The second-order valence-corrected chi connectivity index (χ2v) is 3.35. The fourth-order valence-corrected chi connectivity index (χ4v) is 1.46. The molecule has 0 unspecified atom stereocenters. The lowest BCUT2D eigenvalue weighted by molar-refractivity contribution is 0.354. The SMILES string of the molecule is COc1ccc(C[C@@H]2CO2)cc1OC. The number of ether oxygens (including phenoxy) is 3. The maximum atomic E-state index is 5.21. The third kappa shape index (κ3) is 1.99. The number of rotatable bonds is 4.